The maximum atomic E-state index is 13.1. The number of ether oxygens (including phenoxy) is 2. The lowest BCUT2D eigenvalue weighted by molar-refractivity contribution is -0.110. The van der Waals surface area contributed by atoms with Crippen LogP contribution in [0, 0.1) is 0 Å². The van der Waals surface area contributed by atoms with Crippen molar-refractivity contribution in [2.75, 3.05) is 53.0 Å². The summed E-state index contributed by atoms with van der Waals surface area (Å²) >= 11 is 0. The van der Waals surface area contributed by atoms with Crippen LogP contribution in [0.4, 0.5) is 0 Å². The number of morpholine rings is 1. The van der Waals surface area contributed by atoms with E-state index in [1.54, 1.807) is 12.1 Å². The van der Waals surface area contributed by atoms with Gasteiger partial charge in [-0.15, -0.1) is 0 Å². The molecule has 0 aliphatic carbocycles. The molecule has 2 aromatic carbocycles. The summed E-state index contributed by atoms with van der Waals surface area (Å²) in [4.78, 5) is 7.83. The van der Waals surface area contributed by atoms with Crippen LogP contribution < -0.4 is 9.46 Å². The minimum absolute atomic E-state index is 0.114. The van der Waals surface area contributed by atoms with E-state index < -0.39 is 21.3 Å². The van der Waals surface area contributed by atoms with Gasteiger partial charge in [-0.2, -0.15) is 5.06 Å². The van der Waals surface area contributed by atoms with Gasteiger partial charge in [0.25, 0.3) is 0 Å². The van der Waals surface area contributed by atoms with Gasteiger partial charge in [-0.05, 0) is 23.3 Å². The van der Waals surface area contributed by atoms with Gasteiger partial charge in [0.1, 0.15) is 17.6 Å². The average Bonchev–Trinajstić information content (AvgIpc) is 3.21. The van der Waals surface area contributed by atoms with E-state index in [1.807, 2.05) is 54.6 Å². The number of nitrogens with zero attached hydrogens (tertiary/aromatic N) is 2. The lowest BCUT2D eigenvalue weighted by Gasteiger charge is -2.27. The molecule has 2 aliphatic heterocycles. The van der Waals surface area contributed by atoms with E-state index in [0.29, 0.717) is 38.7 Å². The van der Waals surface area contributed by atoms with Gasteiger partial charge in [0.15, 0.2) is 0 Å². The minimum atomic E-state index is -3.57. The fraction of sp³-hybridized carbons (Fsp3) is 0.478. The first-order chi connectivity index (χ1) is 15.5. The summed E-state index contributed by atoms with van der Waals surface area (Å²) in [6.07, 6.45) is 0. The molecule has 0 amide bonds. The number of hydrogen-bond donors (Lipinski definition) is 1. The van der Waals surface area contributed by atoms with Crippen LogP contribution in [0.25, 0.3) is 0 Å². The molecule has 2 heterocycles. The molecule has 0 spiro atoms. The highest BCUT2D eigenvalue weighted by molar-refractivity contribution is 7.90. The maximum Gasteiger partial charge on any atom is 0.218 e. The Hall–Kier alpha value is -2.01. The van der Waals surface area contributed by atoms with E-state index >= 15 is 0 Å². The molecule has 0 aromatic heterocycles. The van der Waals surface area contributed by atoms with Crippen molar-refractivity contribution in [3.05, 3.63) is 65.7 Å². The van der Waals surface area contributed by atoms with Crippen molar-refractivity contribution in [1.29, 1.82) is 0 Å². The maximum absolute atomic E-state index is 13.1. The monoisotopic (exact) mass is 461 g/mol. The van der Waals surface area contributed by atoms with E-state index in [4.69, 9.17) is 14.3 Å². The van der Waals surface area contributed by atoms with Crippen molar-refractivity contribution in [2.45, 2.75) is 17.9 Å². The van der Waals surface area contributed by atoms with Crippen LogP contribution >= 0.6 is 0 Å². The Kier molecular flexibility index (Phi) is 7.77. The minimum Gasteiger partial charge on any atom is -0.489 e. The average molecular weight is 462 g/mol. The van der Waals surface area contributed by atoms with E-state index in [-0.39, 0.29) is 6.61 Å². The van der Waals surface area contributed by atoms with Crippen LogP contribution in [0.15, 0.2) is 54.6 Å². The highest BCUT2D eigenvalue weighted by atomic mass is 32.2. The molecule has 0 bridgehead atoms. The predicted molar refractivity (Wildman–Crippen MR) is 122 cm³/mol. The number of benzene rings is 2. The van der Waals surface area contributed by atoms with Crippen LogP contribution in [-0.2, 0) is 26.2 Å². The molecule has 2 aliphatic rings. The predicted octanol–water partition coefficient (Wildman–Crippen LogP) is 1.80. The zero-order valence-electron chi connectivity index (χ0n) is 18.4. The summed E-state index contributed by atoms with van der Waals surface area (Å²) in [5, 5.41) is 0.920. The van der Waals surface area contributed by atoms with Crippen LogP contribution in [0.5, 0.6) is 5.75 Å². The third-order valence-corrected chi connectivity index (χ3v) is 7.67. The Labute approximate surface area is 190 Å². The number of nitrogens with one attached hydrogen (secondary N) is 1. The SMILES string of the molecule is CN1OCC(S(=O)(=O)NCCN2CCOCC2)C1c1cccc(OCc2ccccc2)c1. The molecule has 2 aromatic rings. The molecule has 2 fully saturated rings. The van der Waals surface area contributed by atoms with Crippen LogP contribution in [0.1, 0.15) is 17.2 Å². The molecular weight excluding hydrogens is 430 g/mol. The molecule has 32 heavy (non-hydrogen) atoms. The van der Waals surface area contributed by atoms with Gasteiger partial charge in [0.05, 0.1) is 25.9 Å². The Balaban J connectivity index is 1.40. The second-order valence-corrected chi connectivity index (χ2v) is 10.0. The largest absolute Gasteiger partial charge is 0.489 e. The molecule has 2 atom stereocenters. The van der Waals surface area contributed by atoms with Gasteiger partial charge in [0.2, 0.25) is 10.0 Å². The highest BCUT2D eigenvalue weighted by Crippen LogP contribution is 2.34. The molecular formula is C23H31N3O5S. The smallest absolute Gasteiger partial charge is 0.218 e. The molecule has 4 rings (SSSR count). The standard InChI is InChI=1S/C23H31N3O5S/c1-25-23(20-8-5-9-21(16-20)30-17-19-6-3-2-4-7-19)22(18-31-25)32(27,28)24-10-11-26-12-14-29-15-13-26/h2-9,16,22-24H,10-15,17-18H2,1H3. The van der Waals surface area contributed by atoms with E-state index in [1.165, 1.54) is 0 Å². The normalized spacial score (nSPS) is 22.8. The number of rotatable bonds is 9. The molecule has 1 N–H and O–H groups in total. The Morgan fingerprint density at radius 2 is 1.88 bits per heavy atom. The first kappa shape index (κ1) is 23.2. The fourth-order valence-corrected chi connectivity index (χ4v) is 5.59. The Morgan fingerprint density at radius 1 is 1.09 bits per heavy atom. The van der Waals surface area contributed by atoms with Gasteiger partial charge >= 0.3 is 0 Å². The van der Waals surface area contributed by atoms with Gasteiger partial charge in [0, 0.05) is 33.2 Å². The van der Waals surface area contributed by atoms with Gasteiger partial charge in [-0.1, -0.05) is 42.5 Å². The van der Waals surface area contributed by atoms with E-state index in [9.17, 15) is 8.42 Å². The van der Waals surface area contributed by atoms with Crippen LogP contribution in [-0.4, -0.2) is 76.7 Å². The zero-order chi connectivity index (χ0) is 22.4. The molecule has 2 unspecified atom stereocenters. The van der Waals surface area contributed by atoms with Gasteiger partial charge < -0.3 is 9.47 Å². The third kappa shape index (κ3) is 5.86. The summed E-state index contributed by atoms with van der Waals surface area (Å²) in [5.74, 6) is 0.697. The molecule has 0 radical (unpaired) electrons. The van der Waals surface area contributed by atoms with Gasteiger partial charge in [-0.3, -0.25) is 9.74 Å². The summed E-state index contributed by atoms with van der Waals surface area (Å²) in [7, 11) is -1.81. The Morgan fingerprint density at radius 3 is 2.66 bits per heavy atom. The van der Waals surface area contributed by atoms with Crippen molar-refractivity contribution in [3.8, 4) is 5.75 Å². The highest BCUT2D eigenvalue weighted by Gasteiger charge is 2.43. The quantitative estimate of drug-likeness (QED) is 0.610. The second kappa shape index (κ2) is 10.7. The van der Waals surface area contributed by atoms with Crippen LogP contribution in [0.3, 0.4) is 0 Å². The van der Waals surface area contributed by atoms with Gasteiger partial charge in [-0.25, -0.2) is 13.1 Å². The van der Waals surface area contributed by atoms with Crippen molar-refractivity contribution < 1.29 is 22.7 Å². The van der Waals surface area contributed by atoms with E-state index in [2.05, 4.69) is 9.62 Å². The van der Waals surface area contributed by atoms with Crippen molar-refractivity contribution in [1.82, 2.24) is 14.7 Å². The summed E-state index contributed by atoms with van der Waals surface area (Å²) in [6.45, 7) is 4.65. The molecule has 8 nitrogen and oxygen atoms in total. The first-order valence-corrected chi connectivity index (χ1v) is 12.5. The summed E-state index contributed by atoms with van der Waals surface area (Å²) < 4.78 is 40.3. The Bertz CT molecular complexity index is 967. The molecule has 0 saturated carbocycles. The lowest BCUT2D eigenvalue weighted by atomic mass is 10.0. The third-order valence-electron chi connectivity index (χ3n) is 5.87. The second-order valence-electron chi connectivity index (χ2n) is 8.07. The fourth-order valence-electron chi connectivity index (χ4n) is 4.09. The zero-order valence-corrected chi connectivity index (χ0v) is 19.2. The number of hydroxylamine groups is 2. The molecule has 9 heteroatoms. The summed E-state index contributed by atoms with van der Waals surface area (Å²) in [5.41, 5.74) is 1.92. The number of sulfonamides is 1. The van der Waals surface area contributed by atoms with E-state index in [0.717, 1.165) is 24.2 Å². The molecule has 2 saturated heterocycles. The van der Waals surface area contributed by atoms with Crippen molar-refractivity contribution >= 4 is 10.0 Å². The number of hydrogen-bond acceptors (Lipinski definition) is 7. The molecule has 174 valence electrons. The first-order valence-electron chi connectivity index (χ1n) is 10.9. The van der Waals surface area contributed by atoms with Crippen molar-refractivity contribution in [2.24, 2.45) is 0 Å². The topological polar surface area (TPSA) is 80.3 Å². The van der Waals surface area contributed by atoms with Crippen LogP contribution in [0.2, 0.25) is 0 Å². The summed E-state index contributed by atoms with van der Waals surface area (Å²) in [6, 6.07) is 17.1. The van der Waals surface area contributed by atoms with Crippen molar-refractivity contribution in [3.63, 3.8) is 0 Å². The lowest BCUT2D eigenvalue weighted by Crippen LogP contribution is -2.44.